The summed E-state index contributed by atoms with van der Waals surface area (Å²) in [7, 11) is 0. The van der Waals surface area contributed by atoms with Crippen LogP contribution in [0, 0.1) is 0 Å². The van der Waals surface area contributed by atoms with Crippen LogP contribution >= 0.6 is 34.9 Å². The molecule has 0 bridgehead atoms. The molecule has 128 valence electrons. The summed E-state index contributed by atoms with van der Waals surface area (Å²) >= 11 is 5.23. The zero-order valence-corrected chi connectivity index (χ0v) is 15.6. The fourth-order valence-corrected chi connectivity index (χ4v) is 6.17. The minimum Gasteiger partial charge on any atom is -0.322 e. The number of carbonyl (C=O) groups is 1. The molecule has 1 fully saturated rings. The quantitative estimate of drug-likeness (QED) is 0.737. The smallest absolute Gasteiger partial charge is 0.271 e. The summed E-state index contributed by atoms with van der Waals surface area (Å²) in [5.74, 6) is 1.90. The highest BCUT2D eigenvalue weighted by molar-refractivity contribution is 8.16. The second-order valence-electron chi connectivity index (χ2n) is 5.54. The van der Waals surface area contributed by atoms with Gasteiger partial charge in [0, 0.05) is 23.5 Å². The second-order valence-corrected chi connectivity index (χ2v) is 9.14. The molecule has 2 aromatic heterocycles. The van der Waals surface area contributed by atoms with Gasteiger partial charge in [-0.25, -0.2) is 4.98 Å². The Kier molecular flexibility index (Phi) is 4.82. The van der Waals surface area contributed by atoms with Crippen molar-refractivity contribution in [3.05, 3.63) is 63.5 Å². The van der Waals surface area contributed by atoms with Crippen molar-refractivity contribution in [3.8, 4) is 0 Å². The number of carbonyl (C=O) groups excluding carboxylic acids is 1. The molecule has 0 radical (unpaired) electrons. The number of hydrogen-bond donors (Lipinski definition) is 1. The van der Waals surface area contributed by atoms with E-state index < -0.39 is 5.91 Å². The van der Waals surface area contributed by atoms with Gasteiger partial charge in [-0.3, -0.25) is 14.0 Å². The van der Waals surface area contributed by atoms with Crippen molar-refractivity contribution < 1.29 is 4.79 Å². The molecule has 0 unspecified atom stereocenters. The van der Waals surface area contributed by atoms with Crippen LogP contribution in [-0.2, 0) is 0 Å². The number of benzene rings is 1. The van der Waals surface area contributed by atoms with E-state index in [2.05, 4.69) is 16.4 Å². The van der Waals surface area contributed by atoms with Gasteiger partial charge >= 0.3 is 0 Å². The van der Waals surface area contributed by atoms with E-state index in [0.717, 1.165) is 11.5 Å². The van der Waals surface area contributed by atoms with Crippen molar-refractivity contribution in [2.24, 2.45) is 0 Å². The number of hydrogen-bond acceptors (Lipinski definition) is 6. The summed E-state index contributed by atoms with van der Waals surface area (Å²) in [6, 6.07) is 7.85. The van der Waals surface area contributed by atoms with E-state index in [0.29, 0.717) is 15.2 Å². The SMILES string of the molecule is O=C(Nc1cccc(C2SCCCS2)c1)c1cnc2sccn2c1=O. The van der Waals surface area contributed by atoms with E-state index in [1.54, 1.807) is 11.6 Å². The lowest BCUT2D eigenvalue weighted by molar-refractivity contribution is 0.102. The minimum absolute atomic E-state index is 0.0442. The summed E-state index contributed by atoms with van der Waals surface area (Å²) in [6.45, 7) is 0. The van der Waals surface area contributed by atoms with E-state index in [4.69, 9.17) is 0 Å². The van der Waals surface area contributed by atoms with E-state index in [1.165, 1.54) is 33.9 Å². The zero-order valence-electron chi connectivity index (χ0n) is 13.2. The van der Waals surface area contributed by atoms with Gasteiger partial charge in [0.1, 0.15) is 5.56 Å². The fraction of sp³-hybridized carbons (Fsp3) is 0.235. The van der Waals surface area contributed by atoms with Crippen molar-refractivity contribution in [2.75, 3.05) is 16.8 Å². The Bertz CT molecular complexity index is 976. The molecule has 4 rings (SSSR count). The average Bonchev–Trinajstić information content (AvgIpc) is 3.13. The Morgan fingerprint density at radius 3 is 2.96 bits per heavy atom. The first-order valence-electron chi connectivity index (χ1n) is 7.82. The number of fused-ring (bicyclic) bond motifs is 1. The third-order valence-corrected chi connectivity index (χ3v) is 7.62. The van der Waals surface area contributed by atoms with E-state index in [1.807, 2.05) is 41.7 Å². The van der Waals surface area contributed by atoms with Gasteiger partial charge < -0.3 is 5.32 Å². The van der Waals surface area contributed by atoms with Gasteiger partial charge in [-0.1, -0.05) is 12.1 Å². The van der Waals surface area contributed by atoms with Crippen LogP contribution in [0.25, 0.3) is 4.96 Å². The number of thiazole rings is 1. The van der Waals surface area contributed by atoms with Crippen molar-refractivity contribution in [1.29, 1.82) is 0 Å². The highest BCUT2D eigenvalue weighted by Gasteiger charge is 2.18. The predicted octanol–water partition coefficient (Wildman–Crippen LogP) is 3.88. The maximum absolute atomic E-state index is 12.5. The number of nitrogens with zero attached hydrogens (tertiary/aromatic N) is 2. The largest absolute Gasteiger partial charge is 0.322 e. The van der Waals surface area contributed by atoms with Crippen LogP contribution < -0.4 is 10.9 Å². The number of rotatable bonds is 3. The number of thioether (sulfide) groups is 2. The van der Waals surface area contributed by atoms with Crippen molar-refractivity contribution in [2.45, 2.75) is 11.0 Å². The van der Waals surface area contributed by atoms with Gasteiger partial charge in [-0.15, -0.1) is 34.9 Å². The Labute approximate surface area is 156 Å². The molecule has 1 saturated heterocycles. The molecule has 1 N–H and O–H groups in total. The van der Waals surface area contributed by atoms with E-state index >= 15 is 0 Å². The van der Waals surface area contributed by atoms with Crippen molar-refractivity contribution in [3.63, 3.8) is 0 Å². The van der Waals surface area contributed by atoms with Crippen LogP contribution in [0.1, 0.15) is 26.9 Å². The van der Waals surface area contributed by atoms with Gasteiger partial charge in [-0.05, 0) is 35.6 Å². The van der Waals surface area contributed by atoms with Crippen LogP contribution in [0.5, 0.6) is 0 Å². The molecule has 0 aliphatic carbocycles. The Balaban J connectivity index is 1.57. The molecule has 0 atom stereocenters. The molecule has 0 saturated carbocycles. The molecule has 1 aromatic carbocycles. The standard InChI is InChI=1S/C17H15N3O2S3/c21-14(13-10-18-17-20(15(13)22)5-8-25-17)19-12-4-1-3-11(9-12)16-23-6-2-7-24-16/h1,3-5,8-10,16H,2,6-7H2,(H,19,21). The highest BCUT2D eigenvalue weighted by atomic mass is 32.2. The van der Waals surface area contributed by atoms with Crippen LogP contribution in [0.4, 0.5) is 5.69 Å². The van der Waals surface area contributed by atoms with Gasteiger partial charge in [0.25, 0.3) is 11.5 Å². The molecular weight excluding hydrogens is 374 g/mol. The summed E-state index contributed by atoms with van der Waals surface area (Å²) in [4.78, 5) is 29.7. The number of amides is 1. The van der Waals surface area contributed by atoms with Gasteiger partial charge in [0.15, 0.2) is 4.96 Å². The first-order chi connectivity index (χ1) is 12.2. The lowest BCUT2D eigenvalue weighted by Gasteiger charge is -2.21. The Morgan fingerprint density at radius 1 is 1.28 bits per heavy atom. The van der Waals surface area contributed by atoms with Gasteiger partial charge in [0.05, 0.1) is 4.58 Å². The highest BCUT2D eigenvalue weighted by Crippen LogP contribution is 2.44. The Hall–Kier alpha value is -1.77. The van der Waals surface area contributed by atoms with Gasteiger partial charge in [0.2, 0.25) is 0 Å². The maximum atomic E-state index is 12.5. The predicted molar refractivity (Wildman–Crippen MR) is 106 cm³/mol. The molecule has 5 nitrogen and oxygen atoms in total. The maximum Gasteiger partial charge on any atom is 0.271 e. The molecule has 1 aliphatic rings. The monoisotopic (exact) mass is 389 g/mol. The summed E-state index contributed by atoms with van der Waals surface area (Å²) in [6.07, 6.45) is 4.22. The molecule has 3 aromatic rings. The van der Waals surface area contributed by atoms with Crippen molar-refractivity contribution >= 4 is 51.4 Å². The lowest BCUT2D eigenvalue weighted by atomic mass is 10.2. The summed E-state index contributed by atoms with van der Waals surface area (Å²) < 4.78 is 1.80. The lowest BCUT2D eigenvalue weighted by Crippen LogP contribution is -2.25. The molecular formula is C17H15N3O2S3. The molecule has 0 spiro atoms. The van der Waals surface area contributed by atoms with Crippen LogP contribution in [-0.4, -0.2) is 26.8 Å². The molecule has 25 heavy (non-hydrogen) atoms. The third kappa shape index (κ3) is 3.47. The van der Waals surface area contributed by atoms with Crippen LogP contribution in [0.2, 0.25) is 0 Å². The molecule has 1 amide bonds. The number of aromatic nitrogens is 2. The Morgan fingerprint density at radius 2 is 2.12 bits per heavy atom. The topological polar surface area (TPSA) is 63.5 Å². The first kappa shape index (κ1) is 16.7. The second kappa shape index (κ2) is 7.23. The zero-order chi connectivity index (χ0) is 17.2. The minimum atomic E-state index is -0.431. The molecule has 8 heteroatoms. The first-order valence-corrected chi connectivity index (χ1v) is 10.8. The van der Waals surface area contributed by atoms with Crippen LogP contribution in [0.15, 0.2) is 46.8 Å². The van der Waals surface area contributed by atoms with Gasteiger partial charge in [-0.2, -0.15) is 0 Å². The summed E-state index contributed by atoms with van der Waals surface area (Å²) in [5.41, 5.74) is 1.58. The van der Waals surface area contributed by atoms with E-state index in [9.17, 15) is 9.59 Å². The average molecular weight is 390 g/mol. The number of anilines is 1. The normalized spacial score (nSPS) is 15.4. The fourth-order valence-electron chi connectivity index (χ4n) is 2.62. The number of nitrogens with one attached hydrogen (secondary N) is 1. The molecule has 1 aliphatic heterocycles. The third-order valence-electron chi connectivity index (χ3n) is 3.83. The van der Waals surface area contributed by atoms with Crippen molar-refractivity contribution in [1.82, 2.24) is 9.38 Å². The summed E-state index contributed by atoms with van der Waals surface area (Å²) in [5, 5.41) is 4.60. The van der Waals surface area contributed by atoms with E-state index in [-0.39, 0.29) is 11.1 Å². The molecule has 3 heterocycles. The van der Waals surface area contributed by atoms with Crippen LogP contribution in [0.3, 0.4) is 0 Å².